The number of β-amino-alcohol motifs (C(OH)–C–C–N with tert-alkyl or cyclic N) is 1. The topological polar surface area (TPSA) is 54.2 Å². The highest BCUT2D eigenvalue weighted by molar-refractivity contribution is 5.16. The molecule has 1 aliphatic heterocycles. The van der Waals surface area contributed by atoms with Gasteiger partial charge in [0, 0.05) is 20.1 Å². The molecule has 1 saturated heterocycles. The highest BCUT2D eigenvalue weighted by Gasteiger charge is 2.37. The minimum atomic E-state index is -0.842. The van der Waals surface area contributed by atoms with Crippen molar-refractivity contribution in [2.24, 2.45) is 7.05 Å². The Morgan fingerprint density at radius 2 is 2.10 bits per heavy atom. The highest BCUT2D eigenvalue weighted by Crippen LogP contribution is 2.31. The normalized spacial score (nSPS) is 23.9. The first-order chi connectivity index (χ1) is 9.67. The van der Waals surface area contributed by atoms with E-state index < -0.39 is 5.60 Å². The smallest absolute Gasteiger partial charge is 0.120 e. The lowest BCUT2D eigenvalue weighted by Gasteiger charge is -2.38. The summed E-state index contributed by atoms with van der Waals surface area (Å²) < 4.78 is 1.67. The summed E-state index contributed by atoms with van der Waals surface area (Å²) in [6.45, 7) is 2.51. The molecule has 5 heteroatoms. The van der Waals surface area contributed by atoms with Gasteiger partial charge in [-0.15, -0.1) is 5.10 Å². The van der Waals surface area contributed by atoms with Crippen molar-refractivity contribution in [1.82, 2.24) is 19.9 Å². The fourth-order valence-corrected chi connectivity index (χ4v) is 3.02. The Labute approximate surface area is 118 Å². The lowest BCUT2D eigenvalue weighted by atomic mass is 9.89. The van der Waals surface area contributed by atoms with Crippen LogP contribution >= 0.6 is 0 Å². The number of nitrogens with zero attached hydrogens (tertiary/aromatic N) is 4. The van der Waals surface area contributed by atoms with E-state index in [1.165, 1.54) is 5.56 Å². The van der Waals surface area contributed by atoms with Crippen molar-refractivity contribution >= 4 is 0 Å². The molecule has 0 amide bonds. The van der Waals surface area contributed by atoms with Crippen LogP contribution in [0.3, 0.4) is 0 Å². The fourth-order valence-electron chi connectivity index (χ4n) is 3.02. The molecule has 5 nitrogen and oxygen atoms in total. The quantitative estimate of drug-likeness (QED) is 0.915. The van der Waals surface area contributed by atoms with E-state index in [1.807, 2.05) is 13.1 Å². The molecule has 1 aromatic heterocycles. The number of likely N-dealkylation sites (tertiary alicyclic amines) is 1. The molecule has 2 heterocycles. The standard InChI is InChI=1S/C15H20N4O/c1-18-14(10-16-17-18)15(20)8-5-9-19(12-15)11-13-6-3-2-4-7-13/h2-4,6-7,10,20H,5,8-9,11-12H2,1H3. The van der Waals surface area contributed by atoms with Crippen molar-refractivity contribution in [3.63, 3.8) is 0 Å². The van der Waals surface area contributed by atoms with Crippen molar-refractivity contribution in [2.75, 3.05) is 13.1 Å². The third-order valence-electron chi connectivity index (χ3n) is 3.99. The number of benzene rings is 1. The number of hydrogen-bond acceptors (Lipinski definition) is 4. The maximum Gasteiger partial charge on any atom is 0.120 e. The molecule has 1 N–H and O–H groups in total. The van der Waals surface area contributed by atoms with Crippen LogP contribution in [0.5, 0.6) is 0 Å². The Hall–Kier alpha value is -1.72. The molecule has 1 atom stereocenters. The van der Waals surface area contributed by atoms with Gasteiger partial charge in [0.2, 0.25) is 0 Å². The van der Waals surface area contributed by atoms with Crippen LogP contribution in [0.1, 0.15) is 24.1 Å². The number of aliphatic hydroxyl groups is 1. The van der Waals surface area contributed by atoms with Gasteiger partial charge in [-0.1, -0.05) is 35.5 Å². The van der Waals surface area contributed by atoms with Crippen LogP contribution < -0.4 is 0 Å². The maximum atomic E-state index is 10.9. The average molecular weight is 272 g/mol. The van der Waals surface area contributed by atoms with Gasteiger partial charge < -0.3 is 5.11 Å². The van der Waals surface area contributed by atoms with Gasteiger partial charge in [0.25, 0.3) is 0 Å². The number of rotatable bonds is 3. The number of aryl methyl sites for hydroxylation is 1. The molecule has 0 radical (unpaired) electrons. The third kappa shape index (κ3) is 2.59. The first kappa shape index (κ1) is 13.3. The van der Waals surface area contributed by atoms with E-state index in [-0.39, 0.29) is 0 Å². The summed E-state index contributed by atoms with van der Waals surface area (Å²) in [4.78, 5) is 2.30. The summed E-state index contributed by atoms with van der Waals surface area (Å²) >= 11 is 0. The van der Waals surface area contributed by atoms with Gasteiger partial charge in [-0.25, -0.2) is 4.68 Å². The zero-order valence-corrected chi connectivity index (χ0v) is 11.7. The minimum absolute atomic E-state index is 0.628. The SMILES string of the molecule is Cn1nncc1C1(O)CCCN(Cc2ccccc2)C1. The van der Waals surface area contributed by atoms with Gasteiger partial charge in [-0.3, -0.25) is 4.90 Å². The second-order valence-corrected chi connectivity index (χ2v) is 5.57. The maximum absolute atomic E-state index is 10.9. The van der Waals surface area contributed by atoms with E-state index in [1.54, 1.807) is 10.9 Å². The van der Waals surface area contributed by atoms with E-state index in [2.05, 4.69) is 39.5 Å². The first-order valence-corrected chi connectivity index (χ1v) is 7.01. The van der Waals surface area contributed by atoms with Crippen LogP contribution in [0, 0.1) is 0 Å². The van der Waals surface area contributed by atoms with E-state index >= 15 is 0 Å². The van der Waals surface area contributed by atoms with Gasteiger partial charge in [0.15, 0.2) is 0 Å². The van der Waals surface area contributed by atoms with Crippen molar-refractivity contribution in [1.29, 1.82) is 0 Å². The van der Waals surface area contributed by atoms with Crippen LogP contribution in [0.4, 0.5) is 0 Å². The summed E-state index contributed by atoms with van der Waals surface area (Å²) in [6.07, 6.45) is 3.42. The molecule has 1 fully saturated rings. The molecule has 0 aliphatic carbocycles. The van der Waals surface area contributed by atoms with Gasteiger partial charge >= 0.3 is 0 Å². The molecule has 0 saturated carbocycles. The van der Waals surface area contributed by atoms with E-state index in [0.717, 1.165) is 31.6 Å². The van der Waals surface area contributed by atoms with E-state index in [0.29, 0.717) is 6.54 Å². The summed E-state index contributed by atoms with van der Waals surface area (Å²) in [5.41, 5.74) is 1.24. The van der Waals surface area contributed by atoms with Crippen LogP contribution in [0.25, 0.3) is 0 Å². The molecule has 2 aromatic rings. The molecular weight excluding hydrogens is 252 g/mol. The second kappa shape index (κ2) is 5.34. The Kier molecular flexibility index (Phi) is 3.54. The average Bonchev–Trinajstić information content (AvgIpc) is 2.87. The molecule has 3 rings (SSSR count). The molecule has 1 unspecified atom stereocenters. The van der Waals surface area contributed by atoms with Crippen LogP contribution in [-0.4, -0.2) is 38.1 Å². The van der Waals surface area contributed by atoms with E-state index in [4.69, 9.17) is 0 Å². The second-order valence-electron chi connectivity index (χ2n) is 5.57. The molecule has 0 spiro atoms. The fraction of sp³-hybridized carbons (Fsp3) is 0.467. The zero-order valence-electron chi connectivity index (χ0n) is 11.7. The predicted octanol–water partition coefficient (Wildman–Crippen LogP) is 1.30. The van der Waals surface area contributed by atoms with Gasteiger partial charge in [-0.05, 0) is 24.9 Å². The summed E-state index contributed by atoms with van der Waals surface area (Å²) in [5.74, 6) is 0. The third-order valence-corrected chi connectivity index (χ3v) is 3.99. The highest BCUT2D eigenvalue weighted by atomic mass is 16.3. The lowest BCUT2D eigenvalue weighted by molar-refractivity contribution is -0.0439. The summed E-state index contributed by atoms with van der Waals surface area (Å²) in [5, 5.41) is 18.7. The Morgan fingerprint density at radius 3 is 2.80 bits per heavy atom. The monoisotopic (exact) mass is 272 g/mol. The number of hydrogen-bond donors (Lipinski definition) is 1. The Balaban J connectivity index is 1.75. The van der Waals surface area contributed by atoms with E-state index in [9.17, 15) is 5.11 Å². The molecule has 0 bridgehead atoms. The van der Waals surface area contributed by atoms with Crippen molar-refractivity contribution in [2.45, 2.75) is 25.0 Å². The van der Waals surface area contributed by atoms with Crippen molar-refractivity contribution < 1.29 is 5.11 Å². The molecule has 1 aliphatic rings. The van der Waals surface area contributed by atoms with Crippen LogP contribution in [-0.2, 0) is 19.2 Å². The van der Waals surface area contributed by atoms with Gasteiger partial charge in [0.1, 0.15) is 5.60 Å². The number of aromatic nitrogens is 3. The van der Waals surface area contributed by atoms with Crippen molar-refractivity contribution in [3.05, 3.63) is 47.8 Å². The summed E-state index contributed by atoms with van der Waals surface area (Å²) in [7, 11) is 1.83. The van der Waals surface area contributed by atoms with Gasteiger partial charge in [-0.2, -0.15) is 0 Å². The molecule has 106 valence electrons. The van der Waals surface area contributed by atoms with Crippen LogP contribution in [0.15, 0.2) is 36.5 Å². The molecular formula is C15H20N4O. The zero-order chi connectivity index (χ0) is 14.0. The lowest BCUT2D eigenvalue weighted by Crippen LogP contribution is -2.46. The molecule has 20 heavy (non-hydrogen) atoms. The van der Waals surface area contributed by atoms with Crippen LogP contribution in [0.2, 0.25) is 0 Å². The molecule has 1 aromatic carbocycles. The summed E-state index contributed by atoms with van der Waals surface area (Å²) in [6, 6.07) is 10.4. The largest absolute Gasteiger partial charge is 0.382 e. The van der Waals surface area contributed by atoms with Crippen molar-refractivity contribution in [3.8, 4) is 0 Å². The first-order valence-electron chi connectivity index (χ1n) is 7.01. The minimum Gasteiger partial charge on any atom is -0.382 e. The number of piperidine rings is 1. The van der Waals surface area contributed by atoms with Gasteiger partial charge in [0.05, 0.1) is 11.9 Å². The Bertz CT molecular complexity index is 568. The Morgan fingerprint density at radius 1 is 1.30 bits per heavy atom. The predicted molar refractivity (Wildman–Crippen MR) is 75.9 cm³/mol.